The van der Waals surface area contributed by atoms with E-state index in [1.54, 1.807) is 7.11 Å². The summed E-state index contributed by atoms with van der Waals surface area (Å²) in [7, 11) is 1.63. The Hall–Kier alpha value is -2.35. The van der Waals surface area contributed by atoms with Crippen LogP contribution in [0.4, 0.5) is 0 Å². The molecule has 2 aromatic rings. The Bertz CT molecular complexity index is 801. The fourth-order valence-electron chi connectivity index (χ4n) is 2.89. The zero-order valence-electron chi connectivity index (χ0n) is 15.1. The molecule has 0 unspecified atom stereocenters. The highest BCUT2D eigenvalue weighted by molar-refractivity contribution is 7.99. The summed E-state index contributed by atoms with van der Waals surface area (Å²) in [4.78, 5) is 25.3. The number of benzene rings is 1. The van der Waals surface area contributed by atoms with Crippen LogP contribution in [-0.2, 0) is 9.59 Å². The van der Waals surface area contributed by atoms with Gasteiger partial charge in [0, 0.05) is 24.6 Å². The number of hydrogen-bond acceptors (Lipinski definition) is 6. The van der Waals surface area contributed by atoms with Crippen molar-refractivity contribution in [3.05, 3.63) is 24.3 Å². The van der Waals surface area contributed by atoms with Crippen LogP contribution in [0.2, 0.25) is 0 Å². The predicted molar refractivity (Wildman–Crippen MR) is 99.1 cm³/mol. The van der Waals surface area contributed by atoms with Crippen molar-refractivity contribution in [1.82, 2.24) is 19.7 Å². The first-order valence-electron chi connectivity index (χ1n) is 8.56. The van der Waals surface area contributed by atoms with Crippen molar-refractivity contribution in [3.8, 4) is 17.1 Å². The number of nitrogens with zero attached hydrogens (tertiary/aromatic N) is 4. The molecular weight excluding hydrogens is 352 g/mol. The molecule has 1 fully saturated rings. The summed E-state index contributed by atoms with van der Waals surface area (Å²) in [5.74, 6) is 1.45. The van der Waals surface area contributed by atoms with Crippen molar-refractivity contribution in [2.24, 2.45) is 0 Å². The second-order valence-corrected chi connectivity index (χ2v) is 7.27. The number of methoxy groups -OCH3 is 1. The fraction of sp³-hybridized carbons (Fsp3) is 0.444. The van der Waals surface area contributed by atoms with Crippen LogP contribution in [-0.4, -0.2) is 50.9 Å². The first kappa shape index (κ1) is 18.4. The average Bonchev–Trinajstić information content (AvgIpc) is 3.26. The molecule has 1 aliphatic heterocycles. The maximum absolute atomic E-state index is 12.3. The van der Waals surface area contributed by atoms with Crippen LogP contribution in [0.25, 0.3) is 11.4 Å². The van der Waals surface area contributed by atoms with E-state index >= 15 is 0 Å². The fourth-order valence-corrected chi connectivity index (χ4v) is 3.84. The molecule has 1 aromatic carbocycles. The monoisotopic (exact) mass is 374 g/mol. The van der Waals surface area contributed by atoms with E-state index in [1.807, 2.05) is 42.7 Å². The summed E-state index contributed by atoms with van der Waals surface area (Å²) in [6, 6.07) is 7.76. The topological polar surface area (TPSA) is 77.3 Å². The molecule has 0 radical (unpaired) electrons. The molecule has 3 rings (SSSR count). The number of rotatable bonds is 6. The zero-order chi connectivity index (χ0) is 18.7. The summed E-state index contributed by atoms with van der Waals surface area (Å²) in [6.07, 6.45) is 1.21. The van der Waals surface area contributed by atoms with Gasteiger partial charge in [-0.1, -0.05) is 11.8 Å². The number of thioether (sulfide) groups is 1. The summed E-state index contributed by atoms with van der Waals surface area (Å²) in [5.41, 5.74) is 0.930. The number of carbonyl (C=O) groups is 2. The van der Waals surface area contributed by atoms with Gasteiger partial charge < -0.3 is 4.74 Å². The predicted octanol–water partition coefficient (Wildman–Crippen LogP) is 2.78. The first-order valence-corrected chi connectivity index (χ1v) is 9.55. The van der Waals surface area contributed by atoms with Gasteiger partial charge in [0.1, 0.15) is 5.75 Å². The van der Waals surface area contributed by atoms with Crippen LogP contribution in [0.5, 0.6) is 5.75 Å². The van der Waals surface area contributed by atoms with E-state index in [-0.39, 0.29) is 23.6 Å². The maximum atomic E-state index is 12.3. The number of imide groups is 1. The van der Waals surface area contributed by atoms with Crippen molar-refractivity contribution in [1.29, 1.82) is 0 Å². The van der Waals surface area contributed by atoms with E-state index in [1.165, 1.54) is 16.7 Å². The smallest absolute Gasteiger partial charge is 0.239 e. The Morgan fingerprint density at radius 2 is 2.00 bits per heavy atom. The lowest BCUT2D eigenvalue weighted by Crippen LogP contribution is -2.33. The van der Waals surface area contributed by atoms with Gasteiger partial charge in [-0.2, -0.15) is 0 Å². The van der Waals surface area contributed by atoms with Crippen molar-refractivity contribution >= 4 is 23.6 Å². The summed E-state index contributed by atoms with van der Waals surface area (Å²) in [5, 5.41) is 9.25. The molecule has 0 atom stereocenters. The Labute approximate surface area is 156 Å². The van der Waals surface area contributed by atoms with E-state index < -0.39 is 0 Å². The third-order valence-electron chi connectivity index (χ3n) is 4.23. The lowest BCUT2D eigenvalue weighted by Gasteiger charge is -2.15. The largest absolute Gasteiger partial charge is 0.497 e. The van der Waals surface area contributed by atoms with Gasteiger partial charge in [-0.05, 0) is 44.5 Å². The molecular formula is C18H22N4O3S. The molecule has 0 bridgehead atoms. The van der Waals surface area contributed by atoms with Gasteiger partial charge in [-0.25, -0.2) is 0 Å². The van der Waals surface area contributed by atoms with Gasteiger partial charge in [0.05, 0.1) is 12.9 Å². The van der Waals surface area contributed by atoms with E-state index in [0.717, 1.165) is 23.6 Å². The number of ether oxygens (including phenoxy) is 1. The van der Waals surface area contributed by atoms with Crippen LogP contribution >= 0.6 is 11.8 Å². The normalized spacial score (nSPS) is 14.3. The molecule has 138 valence electrons. The van der Waals surface area contributed by atoms with Crippen molar-refractivity contribution in [2.75, 3.05) is 19.4 Å². The van der Waals surface area contributed by atoms with Gasteiger partial charge in [0.15, 0.2) is 11.0 Å². The maximum Gasteiger partial charge on any atom is 0.239 e. The minimum absolute atomic E-state index is 0.0835. The summed E-state index contributed by atoms with van der Waals surface area (Å²) >= 11 is 1.32. The van der Waals surface area contributed by atoms with E-state index in [9.17, 15) is 9.59 Å². The first-order chi connectivity index (χ1) is 12.5. The molecule has 1 saturated heterocycles. The number of carbonyl (C=O) groups excluding carboxylic acids is 2. The van der Waals surface area contributed by atoms with Crippen LogP contribution < -0.4 is 4.74 Å². The molecule has 0 N–H and O–H groups in total. The number of likely N-dealkylation sites (tertiary alicyclic amines) is 1. The zero-order valence-corrected chi connectivity index (χ0v) is 16.0. The molecule has 2 heterocycles. The number of aromatic nitrogens is 3. The molecule has 26 heavy (non-hydrogen) atoms. The van der Waals surface area contributed by atoms with E-state index in [2.05, 4.69) is 10.2 Å². The quantitative estimate of drug-likeness (QED) is 0.724. The van der Waals surface area contributed by atoms with Gasteiger partial charge >= 0.3 is 0 Å². The lowest BCUT2D eigenvalue weighted by molar-refractivity contribution is -0.140. The number of hydrogen-bond donors (Lipinski definition) is 0. The SMILES string of the molecule is COc1ccc(-c2nnc(SCC(=O)N3CCCC3=O)n2C(C)C)cc1. The van der Waals surface area contributed by atoms with Gasteiger partial charge in [0.25, 0.3) is 0 Å². The van der Waals surface area contributed by atoms with Gasteiger partial charge in [0.2, 0.25) is 11.8 Å². The molecule has 7 nitrogen and oxygen atoms in total. The Morgan fingerprint density at radius 3 is 2.58 bits per heavy atom. The Morgan fingerprint density at radius 1 is 1.27 bits per heavy atom. The Balaban J connectivity index is 1.78. The van der Waals surface area contributed by atoms with Crippen LogP contribution in [0, 0.1) is 0 Å². The second kappa shape index (κ2) is 7.90. The van der Waals surface area contributed by atoms with E-state index in [4.69, 9.17) is 4.74 Å². The van der Waals surface area contributed by atoms with Gasteiger partial charge in [-0.15, -0.1) is 10.2 Å². The molecule has 0 saturated carbocycles. The lowest BCUT2D eigenvalue weighted by atomic mass is 10.2. The molecule has 0 spiro atoms. The number of amides is 2. The highest BCUT2D eigenvalue weighted by Crippen LogP contribution is 2.29. The van der Waals surface area contributed by atoms with Gasteiger partial charge in [-0.3, -0.25) is 19.1 Å². The van der Waals surface area contributed by atoms with E-state index in [0.29, 0.717) is 18.1 Å². The van der Waals surface area contributed by atoms with Crippen molar-refractivity contribution in [3.63, 3.8) is 0 Å². The van der Waals surface area contributed by atoms with Crippen LogP contribution in [0.3, 0.4) is 0 Å². The molecule has 8 heteroatoms. The third-order valence-corrected chi connectivity index (χ3v) is 5.16. The van der Waals surface area contributed by atoms with Crippen LogP contribution in [0.15, 0.2) is 29.4 Å². The second-order valence-electron chi connectivity index (χ2n) is 6.33. The highest BCUT2D eigenvalue weighted by Gasteiger charge is 2.27. The summed E-state index contributed by atoms with van der Waals surface area (Å²) < 4.78 is 7.20. The summed E-state index contributed by atoms with van der Waals surface area (Å²) in [6.45, 7) is 4.62. The molecule has 1 aromatic heterocycles. The Kier molecular flexibility index (Phi) is 5.61. The molecule has 1 aliphatic rings. The molecule has 2 amide bonds. The van der Waals surface area contributed by atoms with Crippen LogP contribution in [0.1, 0.15) is 32.7 Å². The minimum atomic E-state index is -0.165. The highest BCUT2D eigenvalue weighted by atomic mass is 32.2. The molecule has 0 aliphatic carbocycles. The minimum Gasteiger partial charge on any atom is -0.497 e. The standard InChI is InChI=1S/C18H22N4O3S/c1-12(2)22-17(13-6-8-14(25-3)9-7-13)19-20-18(22)26-11-16(24)21-10-4-5-15(21)23/h6-9,12H,4-5,10-11H2,1-3H3. The average molecular weight is 374 g/mol. The van der Waals surface area contributed by atoms with Crippen molar-refractivity contribution < 1.29 is 14.3 Å². The van der Waals surface area contributed by atoms with Crippen molar-refractivity contribution in [2.45, 2.75) is 37.9 Å². The third kappa shape index (κ3) is 3.75.